The Labute approximate surface area is 187 Å². The molecule has 0 spiro atoms. The van der Waals surface area contributed by atoms with Gasteiger partial charge in [-0.1, -0.05) is 60.7 Å². The van der Waals surface area contributed by atoms with Gasteiger partial charge in [-0.05, 0) is 29.3 Å². The van der Waals surface area contributed by atoms with Gasteiger partial charge in [0.05, 0.1) is 11.1 Å². The number of nitrogens with zero attached hydrogens (tertiary/aromatic N) is 1. The van der Waals surface area contributed by atoms with Crippen LogP contribution in [0.2, 0.25) is 0 Å². The molecule has 0 aromatic heterocycles. The number of carbonyl (C=O) groups is 2. The summed E-state index contributed by atoms with van der Waals surface area (Å²) in [5.41, 5.74) is -4.18. The van der Waals surface area contributed by atoms with Crippen LogP contribution in [0.5, 0.6) is 5.75 Å². The highest BCUT2D eigenvalue weighted by Crippen LogP contribution is 2.33. The van der Waals surface area contributed by atoms with Crippen LogP contribution >= 0.6 is 0 Å². The normalized spacial score (nSPS) is 14.0. The molecule has 0 atom stereocenters. The summed E-state index contributed by atoms with van der Waals surface area (Å²) in [4.78, 5) is 26.9. The number of halogens is 3. The average Bonchev–Trinajstić information content (AvgIpc) is 3.01. The van der Waals surface area contributed by atoms with Crippen molar-refractivity contribution in [3.05, 3.63) is 101 Å². The molecule has 170 valence electrons. The lowest BCUT2D eigenvalue weighted by Crippen LogP contribution is -2.34. The van der Waals surface area contributed by atoms with Crippen molar-refractivity contribution < 1.29 is 35.4 Å². The van der Waals surface area contributed by atoms with Gasteiger partial charge >= 0.3 is 15.6 Å². The van der Waals surface area contributed by atoms with Crippen molar-refractivity contribution in [2.75, 3.05) is 6.54 Å². The number of hydrogen-bond donors (Lipinski definition) is 0. The topological polar surface area (TPSA) is 80.8 Å². The molecule has 2 amide bonds. The van der Waals surface area contributed by atoms with Crippen LogP contribution in [0.1, 0.15) is 37.8 Å². The Hall–Kier alpha value is -3.66. The van der Waals surface area contributed by atoms with Gasteiger partial charge < -0.3 is 4.18 Å². The summed E-state index contributed by atoms with van der Waals surface area (Å²) in [5.74, 6) is -2.44. The zero-order chi connectivity index (χ0) is 23.8. The summed E-state index contributed by atoms with van der Waals surface area (Å²) in [6, 6.07) is 21.3. The van der Waals surface area contributed by atoms with E-state index in [0.717, 1.165) is 34.2 Å². The molecule has 0 aliphatic carbocycles. The van der Waals surface area contributed by atoms with E-state index in [1.165, 1.54) is 0 Å². The second-order valence-corrected chi connectivity index (χ2v) is 8.82. The number of rotatable bonds is 6. The highest BCUT2D eigenvalue weighted by atomic mass is 32.2. The summed E-state index contributed by atoms with van der Waals surface area (Å²) in [7, 11) is -5.91. The molecule has 0 radical (unpaired) electrons. The SMILES string of the molecule is O=C1c2ccc(OS(=O)(=O)C(F)(F)F)cc2C(=O)N1CC(c1ccccc1)c1ccccc1. The molecular weight excluding hydrogens is 459 g/mol. The number of alkyl halides is 3. The van der Waals surface area contributed by atoms with Crippen molar-refractivity contribution in [3.63, 3.8) is 0 Å². The van der Waals surface area contributed by atoms with Gasteiger partial charge in [-0.3, -0.25) is 14.5 Å². The van der Waals surface area contributed by atoms with Gasteiger partial charge in [-0.25, -0.2) is 0 Å². The molecule has 3 aromatic carbocycles. The quantitative estimate of drug-likeness (QED) is 0.301. The van der Waals surface area contributed by atoms with E-state index in [0.29, 0.717) is 0 Å². The predicted molar refractivity (Wildman–Crippen MR) is 112 cm³/mol. The number of imide groups is 1. The maximum Gasteiger partial charge on any atom is 0.534 e. The minimum absolute atomic E-state index is 0.0165. The first kappa shape index (κ1) is 22.5. The Bertz CT molecular complexity index is 1270. The fourth-order valence-corrected chi connectivity index (χ4v) is 4.07. The van der Waals surface area contributed by atoms with E-state index in [1.54, 1.807) is 0 Å². The predicted octanol–water partition coefficient (Wildman–Crippen LogP) is 4.34. The lowest BCUT2D eigenvalue weighted by atomic mass is 9.91. The molecule has 0 saturated heterocycles. The molecule has 0 bridgehead atoms. The summed E-state index contributed by atoms with van der Waals surface area (Å²) in [5, 5.41) is 0. The minimum atomic E-state index is -5.91. The van der Waals surface area contributed by atoms with Gasteiger partial charge in [0.2, 0.25) is 0 Å². The molecule has 4 rings (SSSR count). The molecular formula is C23H16F3NO5S. The first-order chi connectivity index (χ1) is 15.6. The summed E-state index contributed by atoms with van der Waals surface area (Å²) in [6.07, 6.45) is 0. The largest absolute Gasteiger partial charge is 0.534 e. The van der Waals surface area contributed by atoms with Crippen LogP contribution in [-0.2, 0) is 10.1 Å². The lowest BCUT2D eigenvalue weighted by Gasteiger charge is -2.23. The van der Waals surface area contributed by atoms with Gasteiger partial charge in [0.25, 0.3) is 11.8 Å². The Kier molecular flexibility index (Phi) is 5.71. The Morgan fingerprint density at radius 2 is 1.30 bits per heavy atom. The molecule has 1 heterocycles. The number of amides is 2. The fraction of sp³-hybridized carbons (Fsp3) is 0.130. The number of carbonyl (C=O) groups excluding carboxylic acids is 2. The molecule has 0 fully saturated rings. The second-order valence-electron chi connectivity index (χ2n) is 7.29. The van der Waals surface area contributed by atoms with Crippen molar-refractivity contribution in [3.8, 4) is 5.75 Å². The van der Waals surface area contributed by atoms with Crippen LogP contribution in [0.3, 0.4) is 0 Å². The number of hydrogen-bond acceptors (Lipinski definition) is 5. The van der Waals surface area contributed by atoms with E-state index in [9.17, 15) is 31.2 Å². The van der Waals surface area contributed by atoms with Crippen LogP contribution in [0.25, 0.3) is 0 Å². The fourth-order valence-electron chi connectivity index (χ4n) is 3.62. The maximum absolute atomic E-state index is 13.0. The molecule has 1 aliphatic heterocycles. The molecule has 6 nitrogen and oxygen atoms in total. The summed E-state index contributed by atoms with van der Waals surface area (Å²) in [6.45, 7) is -0.0165. The van der Waals surface area contributed by atoms with Gasteiger partial charge in [-0.2, -0.15) is 21.6 Å². The monoisotopic (exact) mass is 475 g/mol. The van der Waals surface area contributed by atoms with Crippen LogP contribution in [-0.4, -0.2) is 37.2 Å². The Balaban J connectivity index is 1.65. The van der Waals surface area contributed by atoms with Crippen molar-refractivity contribution in [1.82, 2.24) is 4.90 Å². The summed E-state index contributed by atoms with van der Waals surface area (Å²) < 4.78 is 64.5. The number of fused-ring (bicyclic) bond motifs is 1. The van der Waals surface area contributed by atoms with E-state index in [4.69, 9.17) is 0 Å². The third kappa shape index (κ3) is 4.34. The van der Waals surface area contributed by atoms with Crippen molar-refractivity contribution in [2.24, 2.45) is 0 Å². The van der Waals surface area contributed by atoms with Gasteiger partial charge in [0.15, 0.2) is 0 Å². The van der Waals surface area contributed by atoms with E-state index in [1.807, 2.05) is 60.7 Å². The molecule has 0 N–H and O–H groups in total. The van der Waals surface area contributed by atoms with Crippen LogP contribution < -0.4 is 4.18 Å². The molecule has 3 aromatic rings. The van der Waals surface area contributed by atoms with E-state index < -0.39 is 33.2 Å². The third-order valence-electron chi connectivity index (χ3n) is 5.20. The summed E-state index contributed by atoms with van der Waals surface area (Å²) >= 11 is 0. The standard InChI is InChI=1S/C23H16F3NO5S/c24-23(25,26)33(30,31)32-17-11-12-18-19(13-17)22(29)27(21(18)28)14-20(15-7-3-1-4-8-15)16-9-5-2-6-10-16/h1-13,20H,14H2. The van der Waals surface area contributed by atoms with E-state index in [-0.39, 0.29) is 23.6 Å². The molecule has 10 heteroatoms. The minimum Gasteiger partial charge on any atom is -0.376 e. The molecule has 1 aliphatic rings. The van der Waals surface area contributed by atoms with Crippen molar-refractivity contribution in [2.45, 2.75) is 11.4 Å². The van der Waals surface area contributed by atoms with Crippen LogP contribution in [0.15, 0.2) is 78.9 Å². The zero-order valence-corrected chi connectivity index (χ0v) is 17.6. The van der Waals surface area contributed by atoms with Gasteiger partial charge in [0.1, 0.15) is 5.75 Å². The third-order valence-corrected chi connectivity index (χ3v) is 6.18. The Morgan fingerprint density at radius 3 is 1.82 bits per heavy atom. The second kappa shape index (κ2) is 8.36. The first-order valence-electron chi connectivity index (χ1n) is 9.69. The molecule has 33 heavy (non-hydrogen) atoms. The van der Waals surface area contributed by atoms with Crippen molar-refractivity contribution >= 4 is 21.9 Å². The van der Waals surface area contributed by atoms with E-state index >= 15 is 0 Å². The van der Waals surface area contributed by atoms with Gasteiger partial charge in [0, 0.05) is 12.5 Å². The zero-order valence-electron chi connectivity index (χ0n) is 16.8. The lowest BCUT2D eigenvalue weighted by molar-refractivity contribution is -0.0500. The first-order valence-corrected chi connectivity index (χ1v) is 11.1. The number of benzene rings is 3. The highest BCUT2D eigenvalue weighted by Gasteiger charge is 2.49. The maximum atomic E-state index is 13.0. The van der Waals surface area contributed by atoms with E-state index in [2.05, 4.69) is 4.18 Å². The van der Waals surface area contributed by atoms with Crippen molar-refractivity contribution in [1.29, 1.82) is 0 Å². The Morgan fingerprint density at radius 1 is 0.788 bits per heavy atom. The van der Waals surface area contributed by atoms with Crippen LogP contribution in [0.4, 0.5) is 13.2 Å². The molecule has 0 saturated carbocycles. The van der Waals surface area contributed by atoms with Crippen LogP contribution in [0, 0.1) is 0 Å². The van der Waals surface area contributed by atoms with Gasteiger partial charge in [-0.15, -0.1) is 0 Å². The molecule has 0 unspecified atom stereocenters. The smallest absolute Gasteiger partial charge is 0.376 e. The highest BCUT2D eigenvalue weighted by molar-refractivity contribution is 7.88. The average molecular weight is 475 g/mol.